The summed E-state index contributed by atoms with van der Waals surface area (Å²) in [6.45, 7) is 4.16. The van der Waals surface area contributed by atoms with Crippen LogP contribution in [0.2, 0.25) is 0 Å². The molecule has 0 heterocycles. The first-order chi connectivity index (χ1) is 11.0. The maximum absolute atomic E-state index is 13.3. The number of esters is 1. The lowest BCUT2D eigenvalue weighted by Crippen LogP contribution is -2.41. The van der Waals surface area contributed by atoms with Crippen molar-refractivity contribution in [2.75, 3.05) is 6.54 Å². The Balaban J connectivity index is 1.83. The van der Waals surface area contributed by atoms with E-state index in [0.29, 0.717) is 6.54 Å². The number of halogens is 1. The summed E-state index contributed by atoms with van der Waals surface area (Å²) >= 11 is 0. The third-order valence-electron chi connectivity index (χ3n) is 3.46. The van der Waals surface area contributed by atoms with E-state index in [2.05, 4.69) is 5.32 Å². The largest absolute Gasteiger partial charge is 0.463 e. The quantitative estimate of drug-likeness (QED) is 0.785. The molecule has 0 atom stereocenters. The van der Waals surface area contributed by atoms with Gasteiger partial charge in [0.2, 0.25) is 0 Å². The summed E-state index contributed by atoms with van der Waals surface area (Å²) in [5.41, 5.74) is 0.756. The molecular formula is C17H23FN2O3. The van der Waals surface area contributed by atoms with E-state index < -0.39 is 0 Å². The smallest absolute Gasteiger partial charge is 0.317 e. The molecule has 2 amide bonds. The minimum absolute atomic E-state index is 0.141. The van der Waals surface area contributed by atoms with Crippen LogP contribution in [0.4, 0.5) is 9.18 Å². The van der Waals surface area contributed by atoms with Crippen LogP contribution in [-0.2, 0) is 16.1 Å². The summed E-state index contributed by atoms with van der Waals surface area (Å²) in [6, 6.07) is 6.21. The van der Waals surface area contributed by atoms with Crippen LogP contribution < -0.4 is 5.32 Å². The summed E-state index contributed by atoms with van der Waals surface area (Å²) in [5.74, 6) is -0.640. The van der Waals surface area contributed by atoms with Crippen LogP contribution in [0.5, 0.6) is 0 Å². The van der Waals surface area contributed by atoms with Gasteiger partial charge in [-0.3, -0.25) is 4.79 Å². The number of urea groups is 1. The Kier molecular flexibility index (Phi) is 5.96. The Bertz CT molecular complexity index is 559. The molecule has 6 heteroatoms. The van der Waals surface area contributed by atoms with Crippen LogP contribution in [0.15, 0.2) is 24.3 Å². The molecule has 0 radical (unpaired) electrons. The fourth-order valence-corrected chi connectivity index (χ4v) is 2.28. The molecule has 126 valence electrons. The molecule has 0 bridgehead atoms. The Morgan fingerprint density at radius 2 is 2.13 bits per heavy atom. The topological polar surface area (TPSA) is 58.6 Å². The Morgan fingerprint density at radius 1 is 1.39 bits per heavy atom. The molecule has 1 aromatic carbocycles. The van der Waals surface area contributed by atoms with Gasteiger partial charge in [-0.2, -0.15) is 0 Å². The van der Waals surface area contributed by atoms with Crippen LogP contribution in [0, 0.1) is 5.82 Å². The molecule has 1 N–H and O–H groups in total. The number of rotatable bonds is 7. The molecule has 1 saturated carbocycles. The normalized spacial score (nSPS) is 13.7. The van der Waals surface area contributed by atoms with E-state index in [-0.39, 0.29) is 42.9 Å². The molecule has 1 aliphatic carbocycles. The Labute approximate surface area is 135 Å². The van der Waals surface area contributed by atoms with Crippen molar-refractivity contribution in [3.63, 3.8) is 0 Å². The third-order valence-corrected chi connectivity index (χ3v) is 3.46. The SMILES string of the molecule is CC(C)OC(=O)CCNC(=O)N(Cc1cccc(F)c1)C1CC1. The molecule has 5 nitrogen and oxygen atoms in total. The standard InChI is InChI=1S/C17H23FN2O3/c1-12(2)23-16(21)8-9-19-17(22)20(15-6-7-15)11-13-4-3-5-14(18)10-13/h3-5,10,12,15H,6-9,11H2,1-2H3,(H,19,22). The highest BCUT2D eigenvalue weighted by Crippen LogP contribution is 2.28. The van der Waals surface area contributed by atoms with Crippen molar-refractivity contribution >= 4 is 12.0 Å². The average Bonchev–Trinajstić information content (AvgIpc) is 3.28. The first-order valence-electron chi connectivity index (χ1n) is 7.94. The van der Waals surface area contributed by atoms with Gasteiger partial charge < -0.3 is 15.0 Å². The second kappa shape index (κ2) is 7.94. The van der Waals surface area contributed by atoms with E-state index in [1.165, 1.54) is 12.1 Å². The van der Waals surface area contributed by atoms with Crippen LogP contribution in [-0.4, -0.2) is 35.6 Å². The number of carbonyl (C=O) groups excluding carboxylic acids is 2. The minimum atomic E-state index is -0.330. The Morgan fingerprint density at radius 3 is 2.74 bits per heavy atom. The molecule has 1 aromatic rings. The molecule has 0 aliphatic heterocycles. The van der Waals surface area contributed by atoms with Crippen LogP contribution in [0.25, 0.3) is 0 Å². The van der Waals surface area contributed by atoms with Crippen molar-refractivity contribution in [2.45, 2.75) is 51.8 Å². The lowest BCUT2D eigenvalue weighted by molar-refractivity contribution is -0.147. The zero-order chi connectivity index (χ0) is 16.8. The van der Waals surface area contributed by atoms with Crippen molar-refractivity contribution in [1.82, 2.24) is 10.2 Å². The van der Waals surface area contributed by atoms with Gasteiger partial charge >= 0.3 is 12.0 Å². The minimum Gasteiger partial charge on any atom is -0.463 e. The fraction of sp³-hybridized carbons (Fsp3) is 0.529. The predicted octanol–water partition coefficient (Wildman–Crippen LogP) is 2.84. The number of amides is 2. The van der Waals surface area contributed by atoms with Gasteiger partial charge in [-0.25, -0.2) is 9.18 Å². The van der Waals surface area contributed by atoms with Gasteiger partial charge in [0.15, 0.2) is 0 Å². The van der Waals surface area contributed by atoms with E-state index in [1.807, 2.05) is 0 Å². The summed E-state index contributed by atoms with van der Waals surface area (Å²) in [4.78, 5) is 25.4. The number of nitrogens with one attached hydrogen (secondary N) is 1. The van der Waals surface area contributed by atoms with Crippen LogP contribution >= 0.6 is 0 Å². The van der Waals surface area contributed by atoms with Gasteiger partial charge in [0.25, 0.3) is 0 Å². The highest BCUT2D eigenvalue weighted by molar-refractivity contribution is 5.76. The number of ether oxygens (including phenoxy) is 1. The zero-order valence-corrected chi connectivity index (χ0v) is 13.5. The van der Waals surface area contributed by atoms with Gasteiger partial charge in [-0.15, -0.1) is 0 Å². The number of hydrogen-bond donors (Lipinski definition) is 1. The predicted molar refractivity (Wildman–Crippen MR) is 84.2 cm³/mol. The molecule has 0 spiro atoms. The summed E-state index contributed by atoms with van der Waals surface area (Å²) in [7, 11) is 0. The molecule has 0 aromatic heterocycles. The summed E-state index contributed by atoms with van der Waals surface area (Å²) < 4.78 is 18.3. The summed E-state index contributed by atoms with van der Waals surface area (Å²) in [6.07, 6.45) is 1.90. The van der Waals surface area contributed by atoms with Gasteiger partial charge in [-0.1, -0.05) is 12.1 Å². The Hall–Kier alpha value is -2.11. The van der Waals surface area contributed by atoms with Crippen molar-refractivity contribution in [3.8, 4) is 0 Å². The molecular weight excluding hydrogens is 299 g/mol. The van der Waals surface area contributed by atoms with Gasteiger partial charge in [0, 0.05) is 19.1 Å². The van der Waals surface area contributed by atoms with Crippen LogP contribution in [0.3, 0.4) is 0 Å². The number of nitrogens with zero attached hydrogens (tertiary/aromatic N) is 1. The maximum Gasteiger partial charge on any atom is 0.317 e. The number of carbonyl (C=O) groups is 2. The lowest BCUT2D eigenvalue weighted by Gasteiger charge is -2.23. The van der Waals surface area contributed by atoms with E-state index in [0.717, 1.165) is 18.4 Å². The molecule has 0 unspecified atom stereocenters. The monoisotopic (exact) mass is 322 g/mol. The number of hydrogen-bond acceptors (Lipinski definition) is 3. The first kappa shape index (κ1) is 17.2. The van der Waals surface area contributed by atoms with E-state index in [1.54, 1.807) is 30.9 Å². The van der Waals surface area contributed by atoms with Crippen molar-refractivity contribution in [1.29, 1.82) is 0 Å². The van der Waals surface area contributed by atoms with Crippen molar-refractivity contribution in [3.05, 3.63) is 35.6 Å². The van der Waals surface area contributed by atoms with Gasteiger partial charge in [0.05, 0.1) is 12.5 Å². The maximum atomic E-state index is 13.3. The van der Waals surface area contributed by atoms with E-state index in [9.17, 15) is 14.0 Å². The highest BCUT2D eigenvalue weighted by Gasteiger charge is 2.32. The lowest BCUT2D eigenvalue weighted by atomic mass is 10.2. The summed E-state index contributed by atoms with van der Waals surface area (Å²) in [5, 5.41) is 2.74. The fourth-order valence-electron chi connectivity index (χ4n) is 2.28. The average molecular weight is 322 g/mol. The van der Waals surface area contributed by atoms with E-state index >= 15 is 0 Å². The highest BCUT2D eigenvalue weighted by atomic mass is 19.1. The first-order valence-corrected chi connectivity index (χ1v) is 7.94. The van der Waals surface area contributed by atoms with Crippen LogP contribution in [0.1, 0.15) is 38.7 Å². The van der Waals surface area contributed by atoms with Crippen molar-refractivity contribution < 1.29 is 18.7 Å². The van der Waals surface area contributed by atoms with Gasteiger partial charge in [0.1, 0.15) is 5.82 Å². The molecule has 0 saturated heterocycles. The second-order valence-corrected chi connectivity index (χ2v) is 6.01. The van der Waals surface area contributed by atoms with Crippen molar-refractivity contribution in [2.24, 2.45) is 0 Å². The molecule has 2 rings (SSSR count). The molecule has 23 heavy (non-hydrogen) atoms. The molecule has 1 fully saturated rings. The second-order valence-electron chi connectivity index (χ2n) is 6.01. The zero-order valence-electron chi connectivity index (χ0n) is 13.5. The third kappa shape index (κ3) is 5.88. The number of benzene rings is 1. The van der Waals surface area contributed by atoms with E-state index in [4.69, 9.17) is 4.74 Å². The molecule has 1 aliphatic rings. The van der Waals surface area contributed by atoms with Gasteiger partial charge in [-0.05, 0) is 44.4 Å².